The van der Waals surface area contributed by atoms with E-state index in [4.69, 9.17) is 21.1 Å². The summed E-state index contributed by atoms with van der Waals surface area (Å²) in [6.07, 6.45) is 7.92. The van der Waals surface area contributed by atoms with Crippen molar-refractivity contribution in [3.8, 4) is 11.5 Å². The van der Waals surface area contributed by atoms with E-state index in [0.717, 1.165) is 24.3 Å². The fourth-order valence-electron chi connectivity index (χ4n) is 3.22. The molecule has 1 saturated carbocycles. The van der Waals surface area contributed by atoms with Crippen LogP contribution in [0.1, 0.15) is 45.1 Å². The molecule has 25 heavy (non-hydrogen) atoms. The van der Waals surface area contributed by atoms with Crippen molar-refractivity contribution in [2.75, 3.05) is 20.8 Å². The van der Waals surface area contributed by atoms with Gasteiger partial charge in [-0.25, -0.2) is 0 Å². The molecule has 4 nitrogen and oxygen atoms in total. The Morgan fingerprint density at radius 1 is 1.32 bits per heavy atom. The van der Waals surface area contributed by atoms with Crippen LogP contribution < -0.4 is 9.47 Å². The van der Waals surface area contributed by atoms with Crippen LogP contribution in [0.4, 0.5) is 0 Å². The number of ether oxygens (including phenoxy) is 2. The van der Waals surface area contributed by atoms with Gasteiger partial charge in [-0.1, -0.05) is 18.5 Å². The molecule has 138 valence electrons. The van der Waals surface area contributed by atoms with Gasteiger partial charge in [0.1, 0.15) is 0 Å². The molecule has 1 aromatic carbocycles. The van der Waals surface area contributed by atoms with E-state index >= 15 is 0 Å². The van der Waals surface area contributed by atoms with Crippen LogP contribution in [0.3, 0.4) is 0 Å². The molecule has 0 heterocycles. The van der Waals surface area contributed by atoms with Crippen molar-refractivity contribution >= 4 is 23.6 Å². The molecule has 1 fully saturated rings. The lowest BCUT2D eigenvalue weighted by molar-refractivity contribution is -0.127. The van der Waals surface area contributed by atoms with Gasteiger partial charge in [-0.05, 0) is 62.3 Å². The van der Waals surface area contributed by atoms with Crippen LogP contribution in [-0.4, -0.2) is 37.6 Å². The Morgan fingerprint density at radius 3 is 2.60 bits per heavy atom. The van der Waals surface area contributed by atoms with Crippen molar-refractivity contribution in [1.29, 1.82) is 0 Å². The van der Waals surface area contributed by atoms with Gasteiger partial charge in [0.2, 0.25) is 5.91 Å². The second kappa shape index (κ2) is 9.14. The Hall–Kier alpha value is -1.68. The third-order valence-electron chi connectivity index (χ3n) is 4.84. The molecule has 0 atom stereocenters. The number of rotatable bonds is 6. The minimum absolute atomic E-state index is 0.0172. The lowest BCUT2D eigenvalue weighted by atomic mass is 9.87. The van der Waals surface area contributed by atoms with Gasteiger partial charge in [0.05, 0.1) is 18.7 Å². The highest BCUT2D eigenvalue weighted by atomic mass is 35.5. The standard InChI is InChI=1S/C20H28ClNO3/c1-5-25-20-17(21)12-15(13-18(20)24-4)8-11-19(23)22(3)16-9-6-14(2)7-10-16/h8,11-14,16H,5-7,9-10H2,1-4H3/b11-8+. The van der Waals surface area contributed by atoms with Crippen molar-refractivity contribution in [3.05, 3.63) is 28.8 Å². The molecule has 1 amide bonds. The van der Waals surface area contributed by atoms with Crippen molar-refractivity contribution < 1.29 is 14.3 Å². The third kappa shape index (κ3) is 5.15. The molecule has 0 aliphatic heterocycles. The fourth-order valence-corrected chi connectivity index (χ4v) is 3.49. The smallest absolute Gasteiger partial charge is 0.246 e. The number of carbonyl (C=O) groups excluding carboxylic acids is 1. The first-order valence-corrected chi connectivity index (χ1v) is 9.29. The number of methoxy groups -OCH3 is 1. The fraction of sp³-hybridized carbons (Fsp3) is 0.550. The minimum atomic E-state index is 0.0172. The zero-order chi connectivity index (χ0) is 18.4. The molecule has 0 N–H and O–H groups in total. The summed E-state index contributed by atoms with van der Waals surface area (Å²) >= 11 is 6.27. The number of benzene rings is 1. The first-order valence-electron chi connectivity index (χ1n) is 8.91. The lowest BCUT2D eigenvalue weighted by Crippen LogP contribution is -2.38. The van der Waals surface area contributed by atoms with E-state index in [1.54, 1.807) is 25.3 Å². The summed E-state index contributed by atoms with van der Waals surface area (Å²) in [7, 11) is 3.46. The summed E-state index contributed by atoms with van der Waals surface area (Å²) < 4.78 is 10.8. The molecule has 0 saturated heterocycles. The first-order chi connectivity index (χ1) is 12.0. The molecule has 0 radical (unpaired) electrons. The molecule has 1 aliphatic rings. The van der Waals surface area contributed by atoms with E-state index in [1.165, 1.54) is 12.8 Å². The number of likely N-dealkylation sites (N-methyl/N-ethyl adjacent to an activating group) is 1. The minimum Gasteiger partial charge on any atom is -0.493 e. The van der Waals surface area contributed by atoms with Gasteiger partial charge >= 0.3 is 0 Å². The highest BCUT2D eigenvalue weighted by Crippen LogP contribution is 2.36. The highest BCUT2D eigenvalue weighted by Gasteiger charge is 2.23. The molecule has 1 aromatic rings. The lowest BCUT2D eigenvalue weighted by Gasteiger charge is -2.33. The third-order valence-corrected chi connectivity index (χ3v) is 5.12. The van der Waals surface area contributed by atoms with E-state index < -0.39 is 0 Å². The molecule has 1 aliphatic carbocycles. The van der Waals surface area contributed by atoms with E-state index in [2.05, 4.69) is 6.92 Å². The molecule has 5 heteroatoms. The molecule has 0 bridgehead atoms. The Balaban J connectivity index is 2.07. The summed E-state index contributed by atoms with van der Waals surface area (Å²) in [4.78, 5) is 14.3. The largest absolute Gasteiger partial charge is 0.493 e. The molecular weight excluding hydrogens is 338 g/mol. The van der Waals surface area contributed by atoms with Crippen LogP contribution in [0.15, 0.2) is 18.2 Å². The van der Waals surface area contributed by atoms with Crippen LogP contribution in [0.25, 0.3) is 6.08 Å². The maximum atomic E-state index is 12.5. The number of halogens is 1. The van der Waals surface area contributed by atoms with Crippen molar-refractivity contribution in [3.63, 3.8) is 0 Å². The first kappa shape index (κ1) is 19.6. The quantitative estimate of drug-likeness (QED) is 0.680. The number of nitrogens with zero attached hydrogens (tertiary/aromatic N) is 1. The van der Waals surface area contributed by atoms with Gasteiger partial charge in [0.15, 0.2) is 11.5 Å². The molecule has 0 unspecified atom stereocenters. The monoisotopic (exact) mass is 365 g/mol. The predicted octanol–water partition coefficient (Wildman–Crippen LogP) is 4.80. The number of hydrogen-bond donors (Lipinski definition) is 0. The Bertz CT molecular complexity index is 622. The second-order valence-corrected chi connectivity index (χ2v) is 7.07. The van der Waals surface area contributed by atoms with Gasteiger partial charge in [0.25, 0.3) is 0 Å². The molecule has 0 aromatic heterocycles. The summed E-state index contributed by atoms with van der Waals surface area (Å²) in [5, 5.41) is 0.475. The SMILES string of the molecule is CCOc1c(Cl)cc(/C=C/C(=O)N(C)C2CCC(C)CC2)cc1OC. The maximum absolute atomic E-state index is 12.5. The summed E-state index contributed by atoms with van der Waals surface area (Å²) in [5.41, 5.74) is 0.810. The summed E-state index contributed by atoms with van der Waals surface area (Å²) in [6.45, 7) is 4.68. The normalized spacial score (nSPS) is 20.5. The average molecular weight is 366 g/mol. The zero-order valence-corrected chi connectivity index (χ0v) is 16.3. The van der Waals surface area contributed by atoms with E-state index in [0.29, 0.717) is 29.2 Å². The van der Waals surface area contributed by atoms with Crippen molar-refractivity contribution in [2.45, 2.75) is 45.6 Å². The molecule has 2 rings (SSSR count). The van der Waals surface area contributed by atoms with Crippen LogP contribution in [0, 0.1) is 5.92 Å². The van der Waals surface area contributed by atoms with Gasteiger partial charge in [-0.3, -0.25) is 4.79 Å². The van der Waals surface area contributed by atoms with Gasteiger partial charge < -0.3 is 14.4 Å². The average Bonchev–Trinajstić information content (AvgIpc) is 2.61. The Morgan fingerprint density at radius 2 is 2.00 bits per heavy atom. The second-order valence-electron chi connectivity index (χ2n) is 6.66. The van der Waals surface area contributed by atoms with Crippen LogP contribution >= 0.6 is 11.6 Å². The zero-order valence-electron chi connectivity index (χ0n) is 15.5. The van der Waals surface area contributed by atoms with Crippen molar-refractivity contribution in [1.82, 2.24) is 4.90 Å². The van der Waals surface area contributed by atoms with Crippen molar-refractivity contribution in [2.24, 2.45) is 5.92 Å². The Kier molecular flexibility index (Phi) is 7.18. The van der Waals surface area contributed by atoms with Crippen LogP contribution in [0.2, 0.25) is 5.02 Å². The topological polar surface area (TPSA) is 38.8 Å². The maximum Gasteiger partial charge on any atom is 0.246 e. The van der Waals surface area contributed by atoms with E-state index in [9.17, 15) is 4.79 Å². The Labute approximate surface area is 155 Å². The van der Waals surface area contributed by atoms with E-state index in [1.807, 2.05) is 24.9 Å². The number of hydrogen-bond acceptors (Lipinski definition) is 3. The summed E-state index contributed by atoms with van der Waals surface area (Å²) in [6, 6.07) is 3.94. The van der Waals surface area contributed by atoms with E-state index in [-0.39, 0.29) is 5.91 Å². The highest BCUT2D eigenvalue weighted by molar-refractivity contribution is 6.32. The van der Waals surface area contributed by atoms with Gasteiger partial charge in [0, 0.05) is 19.2 Å². The number of carbonyl (C=O) groups is 1. The van der Waals surface area contributed by atoms with Gasteiger partial charge in [-0.2, -0.15) is 0 Å². The van der Waals surface area contributed by atoms with Crippen LogP contribution in [0.5, 0.6) is 11.5 Å². The summed E-state index contributed by atoms with van der Waals surface area (Å²) in [5.74, 6) is 1.89. The molecular formula is C20H28ClNO3. The predicted molar refractivity (Wildman–Crippen MR) is 102 cm³/mol. The molecule has 0 spiro atoms. The van der Waals surface area contributed by atoms with Crippen LogP contribution in [-0.2, 0) is 4.79 Å². The van der Waals surface area contributed by atoms with Gasteiger partial charge in [-0.15, -0.1) is 0 Å². The number of amides is 1.